The quantitative estimate of drug-likeness (QED) is 0.626. The molecule has 3 nitrogen and oxygen atoms in total. The van der Waals surface area contributed by atoms with E-state index in [1.165, 1.54) is 37.8 Å². The Morgan fingerprint density at radius 1 is 1.41 bits per heavy atom. The van der Waals surface area contributed by atoms with Crippen molar-refractivity contribution < 1.29 is 0 Å². The Bertz CT molecular complexity index is 390. The van der Waals surface area contributed by atoms with E-state index >= 15 is 0 Å². The molecule has 0 unspecified atom stereocenters. The van der Waals surface area contributed by atoms with E-state index in [-0.39, 0.29) is 0 Å². The lowest BCUT2D eigenvalue weighted by Crippen LogP contribution is -2.17. The molecule has 0 atom stereocenters. The summed E-state index contributed by atoms with van der Waals surface area (Å²) in [5, 5.41) is 7.85. The van der Waals surface area contributed by atoms with Crippen LogP contribution in [0.15, 0.2) is 17.7 Å². The van der Waals surface area contributed by atoms with E-state index in [1.807, 2.05) is 18.7 Å². The Morgan fingerprint density at radius 3 is 2.94 bits per heavy atom. The summed E-state index contributed by atoms with van der Waals surface area (Å²) in [6.07, 6.45) is 9.00. The van der Waals surface area contributed by atoms with E-state index in [9.17, 15) is 0 Å². The highest BCUT2D eigenvalue weighted by Crippen LogP contribution is 2.19. The number of hydrogen-bond donors (Lipinski definition) is 1. The minimum absolute atomic E-state index is 0.921. The van der Waals surface area contributed by atoms with E-state index in [1.54, 1.807) is 5.57 Å². The summed E-state index contributed by atoms with van der Waals surface area (Å²) in [6, 6.07) is 2.15. The predicted molar refractivity (Wildman–Crippen MR) is 70.8 cm³/mol. The zero-order valence-corrected chi connectivity index (χ0v) is 11.0. The number of nitrogens with one attached hydrogen (secondary N) is 1. The van der Waals surface area contributed by atoms with Crippen LogP contribution in [0.4, 0.5) is 0 Å². The second kappa shape index (κ2) is 6.01. The fourth-order valence-electron chi connectivity index (χ4n) is 2.43. The third-order valence-electron chi connectivity index (χ3n) is 3.41. The first-order valence-corrected chi connectivity index (χ1v) is 6.64. The van der Waals surface area contributed by atoms with Gasteiger partial charge in [-0.15, -0.1) is 0 Å². The van der Waals surface area contributed by atoms with E-state index in [0.717, 1.165) is 18.8 Å². The highest BCUT2D eigenvalue weighted by atomic mass is 15.3. The van der Waals surface area contributed by atoms with Crippen molar-refractivity contribution in [2.45, 2.75) is 45.6 Å². The lowest BCUT2D eigenvalue weighted by Gasteiger charge is -2.12. The first kappa shape index (κ1) is 12.4. The molecule has 94 valence electrons. The zero-order valence-electron chi connectivity index (χ0n) is 11.0. The van der Waals surface area contributed by atoms with Gasteiger partial charge in [0.1, 0.15) is 0 Å². The van der Waals surface area contributed by atoms with Crippen molar-refractivity contribution in [3.8, 4) is 0 Å². The summed E-state index contributed by atoms with van der Waals surface area (Å²) in [5.74, 6) is 0. The van der Waals surface area contributed by atoms with Crippen LogP contribution in [-0.2, 0) is 13.6 Å². The van der Waals surface area contributed by atoms with Gasteiger partial charge < -0.3 is 5.32 Å². The van der Waals surface area contributed by atoms with E-state index in [4.69, 9.17) is 0 Å². The summed E-state index contributed by atoms with van der Waals surface area (Å²) in [6.45, 7) is 4.04. The molecule has 1 aliphatic rings. The molecule has 0 saturated carbocycles. The molecule has 17 heavy (non-hydrogen) atoms. The molecule has 1 N–H and O–H groups in total. The van der Waals surface area contributed by atoms with Crippen LogP contribution < -0.4 is 5.32 Å². The van der Waals surface area contributed by atoms with Gasteiger partial charge in [0.15, 0.2) is 0 Å². The van der Waals surface area contributed by atoms with Crippen molar-refractivity contribution in [3.05, 3.63) is 29.1 Å². The number of aromatic nitrogens is 2. The van der Waals surface area contributed by atoms with Gasteiger partial charge in [0.25, 0.3) is 0 Å². The van der Waals surface area contributed by atoms with Crippen LogP contribution in [0.2, 0.25) is 0 Å². The van der Waals surface area contributed by atoms with Crippen molar-refractivity contribution >= 4 is 0 Å². The van der Waals surface area contributed by atoms with Crippen LogP contribution in [0.5, 0.6) is 0 Å². The Kier molecular flexibility index (Phi) is 4.37. The van der Waals surface area contributed by atoms with E-state index < -0.39 is 0 Å². The molecule has 1 aliphatic carbocycles. The molecule has 1 aromatic rings. The second-order valence-corrected chi connectivity index (χ2v) is 4.94. The minimum atomic E-state index is 0.921. The van der Waals surface area contributed by atoms with Crippen molar-refractivity contribution in [2.75, 3.05) is 6.54 Å². The van der Waals surface area contributed by atoms with Gasteiger partial charge in [0.05, 0.1) is 11.4 Å². The van der Waals surface area contributed by atoms with Crippen molar-refractivity contribution in [1.82, 2.24) is 15.1 Å². The van der Waals surface area contributed by atoms with Crippen molar-refractivity contribution in [2.24, 2.45) is 7.05 Å². The summed E-state index contributed by atoms with van der Waals surface area (Å²) >= 11 is 0. The summed E-state index contributed by atoms with van der Waals surface area (Å²) < 4.78 is 1.96. The Morgan fingerprint density at radius 2 is 2.29 bits per heavy atom. The normalized spacial score (nSPS) is 16.0. The number of aryl methyl sites for hydroxylation is 2. The molecule has 2 rings (SSSR count). The molecule has 1 heterocycles. The molecule has 0 amide bonds. The minimum Gasteiger partial charge on any atom is -0.311 e. The maximum atomic E-state index is 4.34. The molecule has 0 aliphatic heterocycles. The van der Waals surface area contributed by atoms with Crippen molar-refractivity contribution in [3.63, 3.8) is 0 Å². The highest BCUT2D eigenvalue weighted by Gasteiger charge is 2.04. The van der Waals surface area contributed by atoms with Crippen LogP contribution in [0, 0.1) is 6.92 Å². The van der Waals surface area contributed by atoms with Crippen LogP contribution in [0.25, 0.3) is 0 Å². The van der Waals surface area contributed by atoms with Gasteiger partial charge in [-0.05, 0) is 51.6 Å². The Balaban J connectivity index is 1.69. The zero-order chi connectivity index (χ0) is 12.1. The monoisotopic (exact) mass is 233 g/mol. The average molecular weight is 233 g/mol. The molecule has 0 saturated heterocycles. The third-order valence-corrected chi connectivity index (χ3v) is 3.41. The maximum absolute atomic E-state index is 4.34. The SMILES string of the molecule is Cc1cc(CNCCC2=CCCCC2)n(C)n1. The number of rotatable bonds is 5. The topological polar surface area (TPSA) is 29.9 Å². The molecular weight excluding hydrogens is 210 g/mol. The van der Waals surface area contributed by atoms with Crippen LogP contribution in [0.3, 0.4) is 0 Å². The number of hydrogen-bond acceptors (Lipinski definition) is 2. The predicted octanol–water partition coefficient (Wildman–Crippen LogP) is 2.71. The van der Waals surface area contributed by atoms with Gasteiger partial charge in [0, 0.05) is 13.6 Å². The molecular formula is C14H23N3. The second-order valence-electron chi connectivity index (χ2n) is 4.94. The van der Waals surface area contributed by atoms with Gasteiger partial charge in [-0.2, -0.15) is 5.10 Å². The van der Waals surface area contributed by atoms with Crippen LogP contribution in [0.1, 0.15) is 43.5 Å². The Labute approximate surface area is 104 Å². The molecule has 0 aromatic carbocycles. The standard InChI is InChI=1S/C14H23N3/c1-12-10-14(17(2)16-12)11-15-9-8-13-6-4-3-5-7-13/h6,10,15H,3-5,7-9,11H2,1-2H3. The molecule has 1 aromatic heterocycles. The smallest absolute Gasteiger partial charge is 0.0597 e. The summed E-state index contributed by atoms with van der Waals surface area (Å²) in [5.41, 5.74) is 4.00. The number of allylic oxidation sites excluding steroid dienone is 1. The van der Waals surface area contributed by atoms with Gasteiger partial charge >= 0.3 is 0 Å². The van der Waals surface area contributed by atoms with Gasteiger partial charge in [0.2, 0.25) is 0 Å². The van der Waals surface area contributed by atoms with Crippen molar-refractivity contribution in [1.29, 1.82) is 0 Å². The van der Waals surface area contributed by atoms with Crippen LogP contribution in [-0.4, -0.2) is 16.3 Å². The summed E-state index contributed by atoms with van der Waals surface area (Å²) in [4.78, 5) is 0. The molecule has 3 heteroatoms. The van der Waals surface area contributed by atoms with E-state index in [0.29, 0.717) is 0 Å². The Hall–Kier alpha value is -1.09. The maximum Gasteiger partial charge on any atom is 0.0597 e. The lowest BCUT2D eigenvalue weighted by atomic mass is 9.97. The summed E-state index contributed by atoms with van der Waals surface area (Å²) in [7, 11) is 2.01. The third kappa shape index (κ3) is 3.70. The van der Waals surface area contributed by atoms with Crippen LogP contribution >= 0.6 is 0 Å². The fourth-order valence-corrected chi connectivity index (χ4v) is 2.43. The largest absolute Gasteiger partial charge is 0.311 e. The average Bonchev–Trinajstić information content (AvgIpc) is 2.65. The first-order chi connectivity index (χ1) is 8.25. The number of nitrogens with zero attached hydrogens (tertiary/aromatic N) is 2. The molecule has 0 radical (unpaired) electrons. The van der Waals surface area contributed by atoms with Gasteiger partial charge in [-0.1, -0.05) is 11.6 Å². The highest BCUT2D eigenvalue weighted by molar-refractivity contribution is 5.08. The lowest BCUT2D eigenvalue weighted by molar-refractivity contribution is 0.604. The molecule has 0 fully saturated rings. The molecule has 0 bridgehead atoms. The first-order valence-electron chi connectivity index (χ1n) is 6.64. The van der Waals surface area contributed by atoms with Gasteiger partial charge in [-0.3, -0.25) is 4.68 Å². The molecule has 0 spiro atoms. The fraction of sp³-hybridized carbons (Fsp3) is 0.643. The van der Waals surface area contributed by atoms with E-state index in [2.05, 4.69) is 22.6 Å². The van der Waals surface area contributed by atoms with Gasteiger partial charge in [-0.25, -0.2) is 0 Å².